The van der Waals surface area contributed by atoms with Crippen molar-refractivity contribution in [1.29, 1.82) is 0 Å². The Morgan fingerprint density at radius 3 is 2.23 bits per heavy atom. The molecule has 2 unspecified atom stereocenters. The van der Waals surface area contributed by atoms with E-state index in [4.69, 9.17) is 4.52 Å². The third-order valence-corrected chi connectivity index (χ3v) is 8.19. The van der Waals surface area contributed by atoms with Gasteiger partial charge in [0.15, 0.2) is 0 Å². The van der Waals surface area contributed by atoms with E-state index in [0.29, 0.717) is 16.6 Å². The van der Waals surface area contributed by atoms with Crippen LogP contribution in [-0.2, 0) is 4.57 Å². The van der Waals surface area contributed by atoms with Gasteiger partial charge >= 0.3 is 7.37 Å². The van der Waals surface area contributed by atoms with Gasteiger partial charge in [0.1, 0.15) is 17.3 Å². The van der Waals surface area contributed by atoms with Crippen molar-refractivity contribution in [1.82, 2.24) is 0 Å². The number of para-hydroxylation sites is 2. The van der Waals surface area contributed by atoms with Crippen LogP contribution in [0.3, 0.4) is 0 Å². The normalized spacial score (nSPS) is 17.7. The minimum atomic E-state index is -3.54. The first-order chi connectivity index (χ1) is 15.1. The Balaban J connectivity index is 1.71. The van der Waals surface area contributed by atoms with Crippen molar-refractivity contribution in [2.45, 2.75) is 12.7 Å². The number of phenolic OH excluding ortho intramolecular Hbond substituents is 1. The average Bonchev–Trinajstić information content (AvgIpc) is 2.79. The summed E-state index contributed by atoms with van der Waals surface area (Å²) in [7, 11) is -3.54. The molecular weight excluding hydrogens is 405 g/mol. The summed E-state index contributed by atoms with van der Waals surface area (Å²) in [5.41, 5.74) is 4.26. The molecule has 0 aromatic heterocycles. The van der Waals surface area contributed by atoms with Crippen LogP contribution in [0.4, 0.5) is 5.69 Å². The van der Waals surface area contributed by atoms with E-state index < -0.39 is 13.2 Å². The van der Waals surface area contributed by atoms with Gasteiger partial charge in [-0.1, -0.05) is 72.3 Å². The van der Waals surface area contributed by atoms with Crippen molar-refractivity contribution in [3.05, 3.63) is 108 Å². The summed E-state index contributed by atoms with van der Waals surface area (Å²) in [5, 5.41) is 14.7. The highest BCUT2D eigenvalue weighted by Crippen LogP contribution is 2.64. The molecule has 31 heavy (non-hydrogen) atoms. The van der Waals surface area contributed by atoms with Crippen LogP contribution in [0.2, 0.25) is 0 Å². The van der Waals surface area contributed by atoms with Crippen molar-refractivity contribution in [3.63, 3.8) is 0 Å². The molecule has 0 aliphatic carbocycles. The zero-order valence-electron chi connectivity index (χ0n) is 17.0. The fraction of sp³-hybridized carbons (Fsp3) is 0.0769. The Kier molecular flexibility index (Phi) is 4.80. The number of hydrogen-bond donors (Lipinski definition) is 2. The van der Waals surface area contributed by atoms with Crippen LogP contribution < -0.4 is 15.1 Å². The van der Waals surface area contributed by atoms with Gasteiger partial charge in [0.2, 0.25) is 0 Å². The zero-order valence-corrected chi connectivity index (χ0v) is 17.9. The molecule has 0 amide bonds. The lowest BCUT2D eigenvalue weighted by Gasteiger charge is -2.35. The molecule has 0 bridgehead atoms. The van der Waals surface area contributed by atoms with Gasteiger partial charge in [-0.15, -0.1) is 0 Å². The van der Waals surface area contributed by atoms with Crippen LogP contribution in [-0.4, -0.2) is 5.11 Å². The summed E-state index contributed by atoms with van der Waals surface area (Å²) >= 11 is 0. The summed E-state index contributed by atoms with van der Waals surface area (Å²) in [6.45, 7) is 2.02. The Hall–Kier alpha value is -3.49. The standard InChI is InChI=1S/C26H22NO3P/c1-18-14-16-19(17-15-18)27-26(22-10-2-5-11-23(22)28)31(29)25-13-7-4-9-21(25)20-8-3-6-12-24(20)30-31/h2-17,26-28H,1H3. The molecule has 0 saturated carbocycles. The minimum Gasteiger partial charge on any atom is -0.508 e. The number of anilines is 1. The molecule has 5 heteroatoms. The third-order valence-electron chi connectivity index (χ3n) is 5.58. The lowest BCUT2D eigenvalue weighted by atomic mass is 10.0. The van der Waals surface area contributed by atoms with E-state index in [2.05, 4.69) is 5.32 Å². The van der Waals surface area contributed by atoms with Crippen LogP contribution in [0.25, 0.3) is 11.1 Å². The maximum Gasteiger partial charge on any atom is 0.304 e. The quantitative estimate of drug-likeness (QED) is 0.366. The summed E-state index contributed by atoms with van der Waals surface area (Å²) in [4.78, 5) is 0. The van der Waals surface area contributed by atoms with E-state index in [1.54, 1.807) is 18.2 Å². The SMILES string of the molecule is Cc1ccc(NC(c2ccccc2O)P2(=O)Oc3ccccc3-c3ccccc32)cc1. The van der Waals surface area contributed by atoms with Crippen LogP contribution in [0.5, 0.6) is 11.5 Å². The Morgan fingerprint density at radius 1 is 0.806 bits per heavy atom. The van der Waals surface area contributed by atoms with E-state index in [1.165, 1.54) is 0 Å². The number of nitrogens with one attached hydrogen (secondary N) is 1. The first kappa shape index (κ1) is 19.5. The van der Waals surface area contributed by atoms with Gasteiger partial charge in [-0.25, -0.2) is 0 Å². The zero-order chi connectivity index (χ0) is 21.4. The van der Waals surface area contributed by atoms with Crippen LogP contribution >= 0.6 is 7.37 Å². The Bertz CT molecular complexity index is 1300. The van der Waals surface area contributed by atoms with E-state index in [-0.39, 0.29) is 5.75 Å². The highest BCUT2D eigenvalue weighted by molar-refractivity contribution is 7.68. The summed E-state index contributed by atoms with van der Waals surface area (Å²) in [5.74, 6) is -0.121. The molecule has 1 aliphatic heterocycles. The largest absolute Gasteiger partial charge is 0.508 e. The molecule has 0 radical (unpaired) electrons. The molecule has 4 aromatic carbocycles. The monoisotopic (exact) mass is 427 g/mol. The van der Waals surface area contributed by atoms with Gasteiger partial charge < -0.3 is 14.9 Å². The number of rotatable bonds is 4. The maximum atomic E-state index is 14.7. The minimum absolute atomic E-state index is 0.0716. The first-order valence-electron chi connectivity index (χ1n) is 10.2. The lowest BCUT2D eigenvalue weighted by molar-refractivity contribution is 0.458. The molecule has 5 rings (SSSR count). The van der Waals surface area contributed by atoms with E-state index in [9.17, 15) is 9.67 Å². The van der Waals surface area contributed by atoms with E-state index >= 15 is 0 Å². The molecule has 2 N–H and O–H groups in total. The summed E-state index contributed by atoms with van der Waals surface area (Å²) in [6, 6.07) is 30.1. The number of fused-ring (bicyclic) bond motifs is 3. The number of hydrogen-bond acceptors (Lipinski definition) is 4. The number of benzene rings is 4. The second kappa shape index (κ2) is 7.64. The van der Waals surface area contributed by atoms with Crippen molar-refractivity contribution in [3.8, 4) is 22.6 Å². The van der Waals surface area contributed by atoms with Gasteiger partial charge in [0.25, 0.3) is 0 Å². The number of aromatic hydroxyl groups is 1. The van der Waals surface area contributed by atoms with Crippen molar-refractivity contribution in [2.24, 2.45) is 0 Å². The number of phenols is 1. The fourth-order valence-electron chi connectivity index (χ4n) is 4.00. The second-order valence-electron chi connectivity index (χ2n) is 7.67. The Morgan fingerprint density at radius 2 is 1.45 bits per heavy atom. The molecule has 2 atom stereocenters. The molecule has 4 aromatic rings. The van der Waals surface area contributed by atoms with Crippen LogP contribution in [0.1, 0.15) is 16.9 Å². The van der Waals surface area contributed by atoms with E-state index in [0.717, 1.165) is 22.4 Å². The molecule has 0 saturated heterocycles. The first-order valence-corrected chi connectivity index (χ1v) is 11.8. The highest BCUT2D eigenvalue weighted by Gasteiger charge is 2.44. The van der Waals surface area contributed by atoms with Crippen molar-refractivity contribution in [2.75, 3.05) is 5.32 Å². The van der Waals surface area contributed by atoms with Gasteiger partial charge in [0.05, 0.1) is 5.30 Å². The molecule has 1 heterocycles. The molecule has 0 fully saturated rings. The average molecular weight is 427 g/mol. The number of aryl methyl sites for hydroxylation is 1. The smallest absolute Gasteiger partial charge is 0.304 e. The van der Waals surface area contributed by atoms with Gasteiger partial charge in [-0.3, -0.25) is 4.57 Å². The van der Waals surface area contributed by atoms with Crippen LogP contribution in [0, 0.1) is 6.92 Å². The molecular formula is C26H22NO3P. The van der Waals surface area contributed by atoms with Gasteiger partial charge in [0, 0.05) is 16.8 Å². The maximum absolute atomic E-state index is 14.7. The van der Waals surface area contributed by atoms with E-state index in [1.807, 2.05) is 85.8 Å². The molecule has 4 nitrogen and oxygen atoms in total. The summed E-state index contributed by atoms with van der Waals surface area (Å²) in [6.07, 6.45) is 0. The van der Waals surface area contributed by atoms with Crippen molar-refractivity contribution < 1.29 is 14.2 Å². The lowest BCUT2D eigenvalue weighted by Crippen LogP contribution is -2.26. The fourth-order valence-corrected chi connectivity index (χ4v) is 6.66. The van der Waals surface area contributed by atoms with Gasteiger partial charge in [-0.05, 0) is 42.8 Å². The summed E-state index contributed by atoms with van der Waals surface area (Å²) < 4.78 is 21.0. The Labute approximate surface area is 181 Å². The predicted octanol–water partition coefficient (Wildman–Crippen LogP) is 6.47. The van der Waals surface area contributed by atoms with Crippen molar-refractivity contribution >= 4 is 18.4 Å². The molecule has 1 aliphatic rings. The predicted molar refractivity (Wildman–Crippen MR) is 125 cm³/mol. The highest BCUT2D eigenvalue weighted by atomic mass is 31.2. The molecule has 154 valence electrons. The topological polar surface area (TPSA) is 58.6 Å². The molecule has 0 spiro atoms. The second-order valence-corrected chi connectivity index (χ2v) is 10.0. The third kappa shape index (κ3) is 3.39. The van der Waals surface area contributed by atoms with Gasteiger partial charge in [-0.2, -0.15) is 0 Å². The van der Waals surface area contributed by atoms with Crippen LogP contribution in [0.15, 0.2) is 97.1 Å².